The summed E-state index contributed by atoms with van der Waals surface area (Å²) in [7, 11) is 0. The third-order valence-corrected chi connectivity index (χ3v) is 5.05. The molecule has 0 radical (unpaired) electrons. The second kappa shape index (κ2) is 9.37. The largest absolute Gasteiger partial charge is 0.484 e. The number of fused-ring (bicyclic) bond motifs is 1. The third kappa shape index (κ3) is 5.57. The minimum Gasteiger partial charge on any atom is -0.484 e. The zero-order chi connectivity index (χ0) is 19.9. The molecule has 6 nitrogen and oxygen atoms in total. The van der Waals surface area contributed by atoms with E-state index in [4.69, 9.17) is 10.5 Å². The number of nitrogens with zero attached hydrogens (tertiary/aromatic N) is 1. The summed E-state index contributed by atoms with van der Waals surface area (Å²) >= 11 is 0. The van der Waals surface area contributed by atoms with Gasteiger partial charge in [0, 0.05) is 25.7 Å². The van der Waals surface area contributed by atoms with Gasteiger partial charge in [0.2, 0.25) is 5.91 Å². The average molecular weight is 381 g/mol. The van der Waals surface area contributed by atoms with Gasteiger partial charge in [0.05, 0.1) is 6.42 Å². The quantitative estimate of drug-likeness (QED) is 0.728. The van der Waals surface area contributed by atoms with Crippen molar-refractivity contribution in [2.75, 3.05) is 19.7 Å². The van der Waals surface area contributed by atoms with E-state index < -0.39 is 0 Å². The Morgan fingerprint density at radius 1 is 1.14 bits per heavy atom. The lowest BCUT2D eigenvalue weighted by molar-refractivity contribution is -0.123. The average Bonchev–Trinajstić information content (AvgIpc) is 2.70. The lowest BCUT2D eigenvalue weighted by Crippen LogP contribution is -2.45. The van der Waals surface area contributed by atoms with E-state index in [2.05, 4.69) is 41.4 Å². The van der Waals surface area contributed by atoms with E-state index in [1.54, 1.807) is 24.3 Å². The number of primary amides is 1. The Hall–Kier alpha value is -2.86. The van der Waals surface area contributed by atoms with Crippen LogP contribution >= 0.6 is 0 Å². The van der Waals surface area contributed by atoms with Crippen LogP contribution in [0.3, 0.4) is 0 Å². The van der Waals surface area contributed by atoms with Crippen molar-refractivity contribution < 1.29 is 14.3 Å². The maximum atomic E-state index is 12.1. The summed E-state index contributed by atoms with van der Waals surface area (Å²) in [4.78, 5) is 25.4. The van der Waals surface area contributed by atoms with Crippen LogP contribution in [-0.4, -0.2) is 42.5 Å². The second-order valence-corrected chi connectivity index (χ2v) is 7.22. The molecule has 28 heavy (non-hydrogen) atoms. The van der Waals surface area contributed by atoms with Crippen molar-refractivity contribution in [1.29, 1.82) is 0 Å². The number of benzene rings is 2. The van der Waals surface area contributed by atoms with Gasteiger partial charge in [0.25, 0.3) is 5.91 Å². The molecule has 0 aromatic heterocycles. The van der Waals surface area contributed by atoms with E-state index in [1.807, 2.05) is 0 Å². The Morgan fingerprint density at radius 3 is 2.57 bits per heavy atom. The highest BCUT2D eigenvalue weighted by Crippen LogP contribution is 2.20. The third-order valence-electron chi connectivity index (χ3n) is 5.05. The molecule has 2 amide bonds. The molecule has 3 rings (SSSR count). The molecule has 6 heteroatoms. The number of ether oxygens (including phenoxy) is 1. The number of nitrogens with one attached hydrogen (secondary N) is 1. The van der Waals surface area contributed by atoms with Crippen LogP contribution in [0.1, 0.15) is 23.6 Å². The Kier molecular flexibility index (Phi) is 6.66. The fraction of sp³-hybridized carbons (Fsp3) is 0.364. The number of amides is 2. The van der Waals surface area contributed by atoms with Crippen molar-refractivity contribution in [1.82, 2.24) is 10.2 Å². The number of hydrogen-bond acceptors (Lipinski definition) is 4. The highest BCUT2D eigenvalue weighted by molar-refractivity contribution is 5.77. The van der Waals surface area contributed by atoms with Crippen molar-refractivity contribution >= 4 is 11.8 Å². The highest BCUT2D eigenvalue weighted by atomic mass is 16.5. The molecule has 1 heterocycles. The van der Waals surface area contributed by atoms with Crippen LogP contribution in [0.4, 0.5) is 0 Å². The maximum absolute atomic E-state index is 12.1. The van der Waals surface area contributed by atoms with Crippen molar-refractivity contribution in [3.8, 4) is 5.75 Å². The molecule has 0 unspecified atom stereocenters. The van der Waals surface area contributed by atoms with Gasteiger partial charge >= 0.3 is 0 Å². The van der Waals surface area contributed by atoms with Gasteiger partial charge in [0.15, 0.2) is 6.61 Å². The highest BCUT2D eigenvalue weighted by Gasteiger charge is 2.20. The van der Waals surface area contributed by atoms with Crippen molar-refractivity contribution in [2.45, 2.75) is 32.4 Å². The van der Waals surface area contributed by atoms with E-state index >= 15 is 0 Å². The molecule has 0 bridgehead atoms. The van der Waals surface area contributed by atoms with Crippen LogP contribution in [0.25, 0.3) is 0 Å². The topological polar surface area (TPSA) is 84.7 Å². The molecule has 0 spiro atoms. The number of carbonyl (C=O) groups excluding carboxylic acids is 2. The van der Waals surface area contributed by atoms with Gasteiger partial charge in [0.1, 0.15) is 5.75 Å². The predicted octanol–water partition coefficient (Wildman–Crippen LogP) is 1.66. The normalized spacial score (nSPS) is 14.8. The zero-order valence-electron chi connectivity index (χ0n) is 16.2. The SMILES string of the molecule is C[C@@H](CNC(=O)COc1ccc(CC(N)=O)cc1)N1CCc2ccccc2C1. The Bertz CT molecular complexity index is 820. The molecular formula is C22H27N3O3. The number of rotatable bonds is 8. The van der Waals surface area contributed by atoms with E-state index in [0.717, 1.165) is 25.1 Å². The van der Waals surface area contributed by atoms with Crippen molar-refractivity contribution in [3.05, 3.63) is 65.2 Å². The second-order valence-electron chi connectivity index (χ2n) is 7.22. The fourth-order valence-electron chi connectivity index (χ4n) is 3.39. The first-order valence-corrected chi connectivity index (χ1v) is 9.59. The molecule has 1 aliphatic heterocycles. The van der Waals surface area contributed by atoms with Crippen LogP contribution in [0.2, 0.25) is 0 Å². The van der Waals surface area contributed by atoms with Crippen molar-refractivity contribution in [2.24, 2.45) is 5.73 Å². The molecule has 2 aromatic rings. The smallest absolute Gasteiger partial charge is 0.257 e. The maximum Gasteiger partial charge on any atom is 0.257 e. The molecule has 0 fully saturated rings. The molecular weight excluding hydrogens is 354 g/mol. The molecule has 3 N–H and O–H groups in total. The molecule has 2 aromatic carbocycles. The summed E-state index contributed by atoms with van der Waals surface area (Å²) in [5.74, 6) is 0.0638. The summed E-state index contributed by atoms with van der Waals surface area (Å²) in [6.45, 7) is 4.60. The molecule has 148 valence electrons. The number of nitrogens with two attached hydrogens (primary N) is 1. The van der Waals surface area contributed by atoms with E-state index in [9.17, 15) is 9.59 Å². The van der Waals surface area contributed by atoms with Gasteiger partial charge in [-0.05, 0) is 42.2 Å². The first kappa shape index (κ1) is 19.9. The van der Waals surface area contributed by atoms with Gasteiger partial charge in [-0.2, -0.15) is 0 Å². The van der Waals surface area contributed by atoms with Gasteiger partial charge in [-0.3, -0.25) is 14.5 Å². The molecule has 0 aliphatic carbocycles. The zero-order valence-corrected chi connectivity index (χ0v) is 16.2. The summed E-state index contributed by atoms with van der Waals surface area (Å²) < 4.78 is 5.51. The van der Waals surface area contributed by atoms with Crippen LogP contribution in [0, 0.1) is 0 Å². The first-order valence-electron chi connectivity index (χ1n) is 9.59. The van der Waals surface area contributed by atoms with Crippen molar-refractivity contribution in [3.63, 3.8) is 0 Å². The Balaban J connectivity index is 1.40. The van der Waals surface area contributed by atoms with Crippen LogP contribution in [0.15, 0.2) is 48.5 Å². The monoisotopic (exact) mass is 381 g/mol. The fourth-order valence-corrected chi connectivity index (χ4v) is 3.39. The Labute approximate surface area is 165 Å². The van der Waals surface area contributed by atoms with E-state index in [-0.39, 0.29) is 30.9 Å². The lowest BCUT2D eigenvalue weighted by Gasteiger charge is -2.33. The standard InChI is InChI=1S/C22H27N3O3/c1-16(25-11-10-18-4-2-3-5-19(18)14-25)13-24-22(27)15-28-20-8-6-17(7-9-20)12-21(23)26/h2-9,16H,10-15H2,1H3,(H2,23,26)(H,24,27)/t16-/m0/s1. The lowest BCUT2D eigenvalue weighted by atomic mass is 9.99. The van der Waals surface area contributed by atoms with Gasteiger partial charge in [-0.25, -0.2) is 0 Å². The molecule has 0 saturated carbocycles. The first-order chi connectivity index (χ1) is 13.5. The minimum atomic E-state index is -0.376. The summed E-state index contributed by atoms with van der Waals surface area (Å²) in [5.41, 5.74) is 8.78. The number of carbonyl (C=O) groups is 2. The van der Waals surface area contributed by atoms with Gasteiger partial charge < -0.3 is 15.8 Å². The summed E-state index contributed by atoms with van der Waals surface area (Å²) in [5, 5.41) is 2.94. The van der Waals surface area contributed by atoms with Crippen LogP contribution in [-0.2, 0) is 29.0 Å². The van der Waals surface area contributed by atoms with Crippen LogP contribution in [0.5, 0.6) is 5.75 Å². The summed E-state index contributed by atoms with van der Waals surface area (Å²) in [6.07, 6.45) is 1.24. The van der Waals surface area contributed by atoms with Gasteiger partial charge in [-0.15, -0.1) is 0 Å². The minimum absolute atomic E-state index is 0.0370. The molecule has 1 aliphatic rings. The molecule has 0 saturated heterocycles. The van der Waals surface area contributed by atoms with E-state index in [1.165, 1.54) is 11.1 Å². The van der Waals surface area contributed by atoms with E-state index in [0.29, 0.717) is 12.3 Å². The number of hydrogen-bond donors (Lipinski definition) is 2. The van der Waals surface area contributed by atoms with Crippen LogP contribution < -0.4 is 15.8 Å². The predicted molar refractivity (Wildman–Crippen MR) is 108 cm³/mol. The molecule has 1 atom stereocenters. The summed E-state index contributed by atoms with van der Waals surface area (Å²) in [6, 6.07) is 15.8. The Morgan fingerprint density at radius 2 is 1.86 bits per heavy atom. The van der Waals surface area contributed by atoms with Gasteiger partial charge in [-0.1, -0.05) is 36.4 Å².